The Bertz CT molecular complexity index is 518. The van der Waals surface area contributed by atoms with Gasteiger partial charge in [-0.05, 0) is 31.0 Å². The molecule has 3 amide bonds. The van der Waals surface area contributed by atoms with Crippen LogP contribution in [-0.4, -0.2) is 17.5 Å². The first-order chi connectivity index (χ1) is 9.10. The average Bonchev–Trinajstić information content (AvgIpc) is 2.76. The Balaban J connectivity index is 1.88. The highest BCUT2D eigenvalue weighted by Crippen LogP contribution is 2.36. The Kier molecular flexibility index (Phi) is 2.97. The van der Waals surface area contributed by atoms with E-state index in [4.69, 9.17) is 11.6 Å². The van der Waals surface area contributed by atoms with Crippen LogP contribution in [0.3, 0.4) is 0 Å². The summed E-state index contributed by atoms with van der Waals surface area (Å²) >= 11 is 5.91. The largest absolute Gasteiger partial charge is 0.331 e. The summed E-state index contributed by atoms with van der Waals surface area (Å²) in [5.41, 5.74) is 0.228. The first-order valence-electron chi connectivity index (χ1n) is 6.50. The van der Waals surface area contributed by atoms with Gasteiger partial charge in [-0.2, -0.15) is 0 Å². The predicted molar refractivity (Wildman–Crippen MR) is 73.3 cm³/mol. The lowest BCUT2D eigenvalue weighted by atomic mass is 9.90. The lowest BCUT2D eigenvalue weighted by Crippen LogP contribution is -2.61. The molecule has 1 aromatic rings. The summed E-state index contributed by atoms with van der Waals surface area (Å²) in [6, 6.07) is 6.47. The highest BCUT2D eigenvalue weighted by atomic mass is 35.5. The smallest absolute Gasteiger partial charge is 0.329 e. The summed E-state index contributed by atoms with van der Waals surface area (Å²) in [5, 5.41) is 3.53. The number of imide groups is 1. The van der Waals surface area contributed by atoms with Crippen molar-refractivity contribution < 1.29 is 9.59 Å². The Morgan fingerprint density at radius 2 is 1.95 bits per heavy atom. The fraction of sp³-hybridized carbons (Fsp3) is 0.429. The van der Waals surface area contributed by atoms with Crippen molar-refractivity contribution in [1.29, 1.82) is 0 Å². The van der Waals surface area contributed by atoms with E-state index in [1.807, 2.05) is 0 Å². The van der Waals surface area contributed by atoms with Gasteiger partial charge in [0.1, 0.15) is 0 Å². The summed E-state index contributed by atoms with van der Waals surface area (Å²) < 4.78 is 0. The number of carbonyl (C=O) groups excluding carboxylic acids is 2. The third-order valence-corrected chi connectivity index (χ3v) is 4.18. The molecule has 0 bridgehead atoms. The number of amides is 3. The predicted octanol–water partition coefficient (Wildman–Crippen LogP) is 3.10. The molecule has 5 heteroatoms. The van der Waals surface area contributed by atoms with E-state index in [1.165, 1.54) is 4.90 Å². The van der Waals surface area contributed by atoms with Crippen LogP contribution >= 0.6 is 11.6 Å². The van der Waals surface area contributed by atoms with Crippen LogP contribution in [0.25, 0.3) is 0 Å². The average molecular weight is 279 g/mol. The zero-order valence-corrected chi connectivity index (χ0v) is 11.2. The van der Waals surface area contributed by atoms with Crippen molar-refractivity contribution in [2.45, 2.75) is 37.6 Å². The van der Waals surface area contributed by atoms with Gasteiger partial charge in [0, 0.05) is 5.02 Å². The number of hydrogen-bond acceptors (Lipinski definition) is 2. The minimum absolute atomic E-state index is 0.145. The first-order valence-corrected chi connectivity index (χ1v) is 6.88. The zero-order chi connectivity index (χ0) is 13.5. The summed E-state index contributed by atoms with van der Waals surface area (Å²) in [5.74, 6) is -0.145. The van der Waals surface area contributed by atoms with E-state index >= 15 is 0 Å². The molecule has 1 aliphatic carbocycles. The molecule has 1 aliphatic heterocycles. The maximum absolute atomic E-state index is 12.3. The van der Waals surface area contributed by atoms with Crippen LogP contribution in [0.2, 0.25) is 5.02 Å². The van der Waals surface area contributed by atoms with Crippen LogP contribution in [0.4, 0.5) is 10.5 Å². The van der Waals surface area contributed by atoms with Gasteiger partial charge in [-0.3, -0.25) is 4.79 Å². The van der Waals surface area contributed by atoms with E-state index in [-0.39, 0.29) is 17.5 Å². The summed E-state index contributed by atoms with van der Waals surface area (Å²) in [7, 11) is 0. The maximum Gasteiger partial charge on any atom is 0.329 e. The van der Waals surface area contributed by atoms with Gasteiger partial charge in [0.2, 0.25) is 5.91 Å². The molecule has 1 heterocycles. The topological polar surface area (TPSA) is 49.4 Å². The fourth-order valence-electron chi connectivity index (χ4n) is 3.04. The normalized spacial score (nSPS) is 21.8. The monoisotopic (exact) mass is 278 g/mol. The van der Waals surface area contributed by atoms with Crippen molar-refractivity contribution in [2.75, 3.05) is 4.90 Å². The Morgan fingerprint density at radius 3 is 2.58 bits per heavy atom. The molecule has 2 aliphatic rings. The van der Waals surface area contributed by atoms with Gasteiger partial charge in [-0.15, -0.1) is 0 Å². The van der Waals surface area contributed by atoms with Crippen LogP contribution in [0, 0.1) is 0 Å². The Labute approximate surface area is 116 Å². The van der Waals surface area contributed by atoms with Crippen LogP contribution in [0.15, 0.2) is 24.3 Å². The molecule has 2 fully saturated rings. The molecule has 4 nitrogen and oxygen atoms in total. The van der Waals surface area contributed by atoms with E-state index in [9.17, 15) is 9.59 Å². The maximum atomic E-state index is 12.3. The molecular formula is C14H15ClN2O2. The molecule has 1 saturated heterocycles. The SMILES string of the molecule is O=C1CC2(CCCC2)NC(=O)N1c1cccc(Cl)c1. The van der Waals surface area contributed by atoms with Crippen molar-refractivity contribution in [2.24, 2.45) is 0 Å². The van der Waals surface area contributed by atoms with Crippen LogP contribution in [-0.2, 0) is 4.79 Å². The fourth-order valence-corrected chi connectivity index (χ4v) is 3.22. The van der Waals surface area contributed by atoms with Gasteiger partial charge in [0.25, 0.3) is 0 Å². The molecule has 0 atom stereocenters. The lowest BCUT2D eigenvalue weighted by molar-refractivity contribution is -0.120. The molecule has 0 aromatic heterocycles. The van der Waals surface area contributed by atoms with Crippen molar-refractivity contribution in [1.82, 2.24) is 5.32 Å². The summed E-state index contributed by atoms with van der Waals surface area (Å²) in [6.07, 6.45) is 4.32. The molecule has 0 unspecified atom stereocenters. The van der Waals surface area contributed by atoms with Gasteiger partial charge in [0.05, 0.1) is 17.6 Å². The first kappa shape index (κ1) is 12.5. The van der Waals surface area contributed by atoms with E-state index in [0.717, 1.165) is 25.7 Å². The van der Waals surface area contributed by atoms with E-state index in [1.54, 1.807) is 24.3 Å². The second kappa shape index (κ2) is 4.53. The summed E-state index contributed by atoms with van der Waals surface area (Å²) in [6.45, 7) is 0. The molecule has 100 valence electrons. The second-order valence-electron chi connectivity index (χ2n) is 5.30. The lowest BCUT2D eigenvalue weighted by Gasteiger charge is -2.38. The van der Waals surface area contributed by atoms with Gasteiger partial charge < -0.3 is 5.32 Å². The molecule has 1 aromatic carbocycles. The van der Waals surface area contributed by atoms with Crippen molar-refractivity contribution in [3.05, 3.63) is 29.3 Å². The number of urea groups is 1. The third kappa shape index (κ3) is 2.21. The number of anilines is 1. The van der Waals surface area contributed by atoms with Crippen LogP contribution < -0.4 is 10.2 Å². The van der Waals surface area contributed by atoms with Crippen molar-refractivity contribution in [3.63, 3.8) is 0 Å². The second-order valence-corrected chi connectivity index (χ2v) is 5.74. The van der Waals surface area contributed by atoms with E-state index in [0.29, 0.717) is 17.1 Å². The molecule has 1 spiro atoms. The number of benzene rings is 1. The molecular weight excluding hydrogens is 264 g/mol. The van der Waals surface area contributed by atoms with Crippen molar-refractivity contribution >= 4 is 29.2 Å². The minimum atomic E-state index is -0.333. The highest BCUT2D eigenvalue weighted by molar-refractivity contribution is 6.31. The van der Waals surface area contributed by atoms with Gasteiger partial charge in [0.15, 0.2) is 0 Å². The molecule has 1 saturated carbocycles. The number of rotatable bonds is 1. The van der Waals surface area contributed by atoms with E-state index < -0.39 is 0 Å². The zero-order valence-electron chi connectivity index (χ0n) is 10.5. The third-order valence-electron chi connectivity index (χ3n) is 3.94. The highest BCUT2D eigenvalue weighted by Gasteiger charge is 2.45. The van der Waals surface area contributed by atoms with Crippen LogP contribution in [0.1, 0.15) is 32.1 Å². The Hall–Kier alpha value is -1.55. The van der Waals surface area contributed by atoms with Crippen LogP contribution in [0.5, 0.6) is 0 Å². The molecule has 1 N–H and O–H groups in total. The van der Waals surface area contributed by atoms with E-state index in [2.05, 4.69) is 5.32 Å². The standard InChI is InChI=1S/C14H15ClN2O2/c15-10-4-3-5-11(8-10)17-12(18)9-14(16-13(17)19)6-1-2-7-14/h3-5,8H,1-2,6-7,9H2,(H,16,19). The summed E-state index contributed by atoms with van der Waals surface area (Å²) in [4.78, 5) is 25.7. The molecule has 19 heavy (non-hydrogen) atoms. The number of hydrogen-bond donors (Lipinski definition) is 1. The van der Waals surface area contributed by atoms with Gasteiger partial charge >= 0.3 is 6.03 Å². The molecule has 0 radical (unpaired) electrons. The number of halogens is 1. The number of carbonyl (C=O) groups is 2. The quantitative estimate of drug-likeness (QED) is 0.858. The number of nitrogens with zero attached hydrogens (tertiary/aromatic N) is 1. The van der Waals surface area contributed by atoms with Crippen molar-refractivity contribution in [3.8, 4) is 0 Å². The molecule has 3 rings (SSSR count). The Morgan fingerprint density at radius 1 is 1.21 bits per heavy atom. The number of nitrogens with one attached hydrogen (secondary N) is 1. The van der Waals surface area contributed by atoms with Gasteiger partial charge in [-0.1, -0.05) is 30.5 Å². The van der Waals surface area contributed by atoms with Gasteiger partial charge in [-0.25, -0.2) is 9.69 Å². The minimum Gasteiger partial charge on any atom is -0.331 e.